The van der Waals surface area contributed by atoms with Crippen molar-refractivity contribution in [2.75, 3.05) is 27.9 Å². The molecule has 0 bridgehead atoms. The van der Waals surface area contributed by atoms with Gasteiger partial charge in [0.1, 0.15) is 11.9 Å². The molecule has 1 saturated heterocycles. The van der Waals surface area contributed by atoms with Crippen LogP contribution in [0.5, 0.6) is 5.75 Å². The number of carbonyl (C=O) groups excluding carboxylic acids is 2. The summed E-state index contributed by atoms with van der Waals surface area (Å²) in [6, 6.07) is 5.84. The van der Waals surface area contributed by atoms with Gasteiger partial charge in [-0.05, 0) is 74.7 Å². The lowest BCUT2D eigenvalue weighted by Gasteiger charge is -2.59. The Morgan fingerprint density at radius 1 is 1.07 bits per heavy atom. The van der Waals surface area contributed by atoms with Crippen molar-refractivity contribution in [3.63, 3.8) is 0 Å². The second-order valence-electron chi connectivity index (χ2n) is 15.0. The van der Waals surface area contributed by atoms with E-state index in [2.05, 4.69) is 64.6 Å². The minimum absolute atomic E-state index is 0.0500. The fourth-order valence-corrected chi connectivity index (χ4v) is 10.2. The Bertz CT molecular complexity index is 1390. The highest BCUT2D eigenvalue weighted by Crippen LogP contribution is 2.55. The predicted molar refractivity (Wildman–Crippen MR) is 171 cm³/mol. The summed E-state index contributed by atoms with van der Waals surface area (Å²) >= 11 is 0. The van der Waals surface area contributed by atoms with Crippen molar-refractivity contribution in [1.82, 2.24) is 9.88 Å². The maximum Gasteiger partial charge on any atom is 0.340 e. The van der Waals surface area contributed by atoms with Crippen LogP contribution in [0.4, 0.5) is 0 Å². The number of fused-ring (bicyclic) bond motifs is 6. The maximum atomic E-state index is 14.6. The summed E-state index contributed by atoms with van der Waals surface area (Å²) in [4.78, 5) is 34.5. The molecule has 1 aromatic heterocycles. The van der Waals surface area contributed by atoms with Gasteiger partial charge in [0.25, 0.3) is 0 Å². The molecule has 1 N–H and O–H groups in total. The van der Waals surface area contributed by atoms with E-state index in [1.165, 1.54) is 12.7 Å². The van der Waals surface area contributed by atoms with Gasteiger partial charge in [-0.15, -0.1) is 0 Å². The molecule has 0 spiro atoms. The number of ether oxygens (including phenoxy) is 3. The van der Waals surface area contributed by atoms with Crippen LogP contribution in [0, 0.1) is 11.8 Å². The van der Waals surface area contributed by atoms with Gasteiger partial charge < -0.3 is 32.9 Å². The van der Waals surface area contributed by atoms with E-state index in [1.54, 1.807) is 14.2 Å². The second-order valence-corrected chi connectivity index (χ2v) is 24.2. The topological polar surface area (TPSA) is 99.3 Å². The Balaban J connectivity index is 1.66. The van der Waals surface area contributed by atoms with Crippen LogP contribution in [-0.2, 0) is 34.3 Å². The Kier molecular flexibility index (Phi) is 8.25. The first-order valence-electron chi connectivity index (χ1n) is 15.5. The third-order valence-electron chi connectivity index (χ3n) is 10.3. The van der Waals surface area contributed by atoms with Gasteiger partial charge in [-0.3, -0.25) is 4.79 Å². The standard InChI is InChI=1S/C32H50N2O7Si2/c1-31(2,3)43(10,11)40-26-17-22-23(32(28(26)38-5,30(36)39-6)41-42(7,8)9)18-25-27-21(14-15-34(25)29(22)35)20-13-12-19(37-4)16-24(20)33-27/h12-13,16,22-23,25-26,28,33H,14-15,17-18H2,1-11H3/t22-,23-,25+,26+,28-,32-/m0/s1. The van der Waals surface area contributed by atoms with Gasteiger partial charge >= 0.3 is 5.97 Å². The molecule has 43 heavy (non-hydrogen) atoms. The SMILES string of the molecule is COC(=O)[C@]1(O[Si](C)(C)C)[C@H]2C[C@@H]3c4[nH]c5cc(OC)ccc5c4CCN3C(=O)[C@H]2C[C@@H](O[Si](C)(C)C(C)(C)C)[C@@H]1OC. The molecule has 3 heterocycles. The number of methoxy groups -OCH3 is 3. The summed E-state index contributed by atoms with van der Waals surface area (Å²) in [6.45, 7) is 17.8. The van der Waals surface area contributed by atoms with Crippen LogP contribution >= 0.6 is 0 Å². The zero-order valence-corrected chi connectivity index (χ0v) is 29.8. The van der Waals surface area contributed by atoms with Gasteiger partial charge in [0.2, 0.25) is 5.91 Å². The molecule has 238 valence electrons. The van der Waals surface area contributed by atoms with Crippen molar-refractivity contribution in [2.45, 2.75) is 102 Å². The molecule has 11 heteroatoms. The fraction of sp³-hybridized carbons (Fsp3) is 0.688. The minimum Gasteiger partial charge on any atom is -0.497 e. The van der Waals surface area contributed by atoms with E-state index in [9.17, 15) is 9.59 Å². The lowest BCUT2D eigenvalue weighted by atomic mass is 9.61. The number of rotatable bonds is 7. The van der Waals surface area contributed by atoms with Crippen molar-refractivity contribution < 1.29 is 32.7 Å². The first-order valence-corrected chi connectivity index (χ1v) is 21.8. The van der Waals surface area contributed by atoms with Gasteiger partial charge in [0.05, 0.1) is 26.4 Å². The molecular weight excluding hydrogens is 581 g/mol. The lowest BCUT2D eigenvalue weighted by Crippen LogP contribution is -2.73. The largest absolute Gasteiger partial charge is 0.497 e. The molecule has 2 aromatic rings. The highest BCUT2D eigenvalue weighted by molar-refractivity contribution is 6.74. The number of aromatic nitrogens is 1. The third kappa shape index (κ3) is 5.28. The van der Waals surface area contributed by atoms with Gasteiger partial charge in [-0.2, -0.15) is 0 Å². The highest BCUT2D eigenvalue weighted by atomic mass is 28.4. The minimum atomic E-state index is -2.40. The summed E-state index contributed by atoms with van der Waals surface area (Å²) in [6.07, 6.45) is 0.571. The molecule has 6 atom stereocenters. The van der Waals surface area contributed by atoms with Crippen LogP contribution in [0.3, 0.4) is 0 Å². The van der Waals surface area contributed by atoms with Crippen LogP contribution in [0.15, 0.2) is 18.2 Å². The number of carbonyl (C=O) groups is 2. The maximum absolute atomic E-state index is 14.6. The molecule has 3 aliphatic rings. The number of amides is 1. The van der Waals surface area contributed by atoms with Crippen LogP contribution < -0.4 is 4.74 Å². The van der Waals surface area contributed by atoms with E-state index in [4.69, 9.17) is 23.1 Å². The van der Waals surface area contributed by atoms with E-state index in [1.807, 2.05) is 17.0 Å². The number of H-pyrrole nitrogens is 1. The third-order valence-corrected chi connectivity index (χ3v) is 15.8. The monoisotopic (exact) mass is 630 g/mol. The normalized spacial score (nSPS) is 29.6. The molecule has 1 aromatic carbocycles. The molecule has 2 aliphatic heterocycles. The Morgan fingerprint density at radius 2 is 1.77 bits per heavy atom. The predicted octanol–water partition coefficient (Wildman–Crippen LogP) is 5.81. The molecule has 9 nitrogen and oxygen atoms in total. The fourth-order valence-electron chi connectivity index (χ4n) is 7.48. The van der Waals surface area contributed by atoms with Crippen LogP contribution in [0.25, 0.3) is 10.9 Å². The smallest absolute Gasteiger partial charge is 0.340 e. The van der Waals surface area contributed by atoms with Crippen LogP contribution in [-0.4, -0.2) is 84.1 Å². The Hall–Kier alpha value is -2.19. The first kappa shape index (κ1) is 32.2. The Labute approximate surface area is 258 Å². The summed E-state index contributed by atoms with van der Waals surface area (Å²) in [5.74, 6) is -0.567. The van der Waals surface area contributed by atoms with Crippen LogP contribution in [0.1, 0.15) is 50.9 Å². The van der Waals surface area contributed by atoms with E-state index >= 15 is 0 Å². The quantitative estimate of drug-likeness (QED) is 0.305. The molecule has 1 saturated carbocycles. The number of benzene rings is 1. The summed E-state index contributed by atoms with van der Waals surface area (Å²) in [5.41, 5.74) is 1.75. The van der Waals surface area contributed by atoms with Gasteiger partial charge in [-0.1, -0.05) is 20.8 Å². The summed E-state index contributed by atoms with van der Waals surface area (Å²) < 4.78 is 31.3. The van der Waals surface area contributed by atoms with E-state index in [-0.39, 0.29) is 17.0 Å². The van der Waals surface area contributed by atoms with Gasteiger partial charge in [-0.25, -0.2) is 4.79 Å². The second kappa shape index (κ2) is 11.0. The Morgan fingerprint density at radius 3 is 2.35 bits per heavy atom. The average Bonchev–Trinajstić information content (AvgIpc) is 3.29. The molecule has 0 unspecified atom stereocenters. The van der Waals surface area contributed by atoms with E-state index in [0.29, 0.717) is 19.4 Å². The molecule has 2 fully saturated rings. The lowest BCUT2D eigenvalue weighted by molar-refractivity contribution is -0.225. The van der Waals surface area contributed by atoms with Crippen molar-refractivity contribution in [3.8, 4) is 5.75 Å². The molecule has 1 amide bonds. The van der Waals surface area contributed by atoms with Gasteiger partial charge in [0, 0.05) is 48.2 Å². The van der Waals surface area contributed by atoms with Gasteiger partial charge in [0.15, 0.2) is 22.2 Å². The van der Waals surface area contributed by atoms with E-state index in [0.717, 1.165) is 28.8 Å². The van der Waals surface area contributed by atoms with Crippen molar-refractivity contribution >= 4 is 39.4 Å². The number of piperidine rings is 1. The highest BCUT2D eigenvalue weighted by Gasteiger charge is 2.68. The molecule has 5 rings (SSSR count). The molecule has 0 radical (unpaired) electrons. The number of hydrogen-bond donors (Lipinski definition) is 1. The van der Waals surface area contributed by atoms with Crippen molar-refractivity contribution in [2.24, 2.45) is 11.8 Å². The molecular formula is C32H50N2O7Si2. The zero-order valence-electron chi connectivity index (χ0n) is 27.8. The van der Waals surface area contributed by atoms with Crippen LogP contribution in [0.2, 0.25) is 37.8 Å². The van der Waals surface area contributed by atoms with Crippen molar-refractivity contribution in [3.05, 3.63) is 29.5 Å². The number of hydrogen-bond acceptors (Lipinski definition) is 7. The summed E-state index contributed by atoms with van der Waals surface area (Å²) in [5, 5.41) is 1.07. The zero-order chi connectivity index (χ0) is 31.7. The number of nitrogens with one attached hydrogen (secondary N) is 1. The summed E-state index contributed by atoms with van der Waals surface area (Å²) in [7, 11) is -0.0356. The van der Waals surface area contributed by atoms with E-state index < -0.39 is 52.2 Å². The number of aromatic amines is 1. The van der Waals surface area contributed by atoms with Crippen molar-refractivity contribution in [1.29, 1.82) is 0 Å². The number of esters is 1. The molecule has 1 aliphatic carbocycles. The average molecular weight is 631 g/mol. The number of nitrogens with zero attached hydrogens (tertiary/aromatic N) is 1. The first-order chi connectivity index (χ1) is 20.0.